The Hall–Kier alpha value is -2.53. The molecule has 0 radical (unpaired) electrons. The number of nitrogens with one attached hydrogen (secondary N) is 1. The summed E-state index contributed by atoms with van der Waals surface area (Å²) in [5, 5.41) is 3.06. The summed E-state index contributed by atoms with van der Waals surface area (Å²) in [6, 6.07) is 12.3. The molecule has 25 heavy (non-hydrogen) atoms. The van der Waals surface area contributed by atoms with Crippen molar-refractivity contribution in [2.24, 2.45) is 0 Å². The Bertz CT molecular complexity index is 744. The molecule has 0 bridgehead atoms. The largest absolute Gasteiger partial charge is 0.497 e. The number of amides is 1. The van der Waals surface area contributed by atoms with Gasteiger partial charge in [-0.1, -0.05) is 23.7 Å². The van der Waals surface area contributed by atoms with Crippen LogP contribution in [0, 0.1) is 0 Å². The third-order valence-electron chi connectivity index (χ3n) is 3.55. The predicted molar refractivity (Wildman–Crippen MR) is 97.4 cm³/mol. The monoisotopic (exact) mass is 361 g/mol. The van der Waals surface area contributed by atoms with Crippen molar-refractivity contribution >= 4 is 29.2 Å². The first-order valence-corrected chi connectivity index (χ1v) is 8.30. The summed E-state index contributed by atoms with van der Waals surface area (Å²) < 4.78 is 10.1. The molecule has 0 spiro atoms. The van der Waals surface area contributed by atoms with Gasteiger partial charge in [0.2, 0.25) is 5.91 Å². The lowest BCUT2D eigenvalue weighted by Gasteiger charge is -2.09. The minimum absolute atomic E-state index is 0.145. The van der Waals surface area contributed by atoms with E-state index in [1.165, 1.54) is 6.07 Å². The van der Waals surface area contributed by atoms with Gasteiger partial charge in [-0.05, 0) is 49.2 Å². The van der Waals surface area contributed by atoms with Gasteiger partial charge in [0.05, 0.1) is 24.3 Å². The summed E-state index contributed by atoms with van der Waals surface area (Å²) in [5.74, 6) is 0.121. The number of hydrogen-bond acceptors (Lipinski definition) is 4. The van der Waals surface area contributed by atoms with Crippen LogP contribution in [0.4, 0.5) is 5.69 Å². The molecule has 0 aromatic heterocycles. The number of halogens is 1. The van der Waals surface area contributed by atoms with Crippen LogP contribution in [0.5, 0.6) is 5.75 Å². The lowest BCUT2D eigenvalue weighted by atomic mass is 10.1. The van der Waals surface area contributed by atoms with Gasteiger partial charge in [-0.2, -0.15) is 0 Å². The first-order valence-electron chi connectivity index (χ1n) is 7.93. The number of esters is 1. The molecule has 0 saturated carbocycles. The zero-order valence-corrected chi connectivity index (χ0v) is 14.9. The van der Waals surface area contributed by atoms with Crippen molar-refractivity contribution in [1.82, 2.24) is 0 Å². The highest BCUT2D eigenvalue weighted by atomic mass is 35.5. The van der Waals surface area contributed by atoms with Crippen molar-refractivity contribution in [3.8, 4) is 5.75 Å². The number of carbonyl (C=O) groups excluding carboxylic acids is 2. The van der Waals surface area contributed by atoms with Gasteiger partial charge in [0.15, 0.2) is 0 Å². The van der Waals surface area contributed by atoms with Gasteiger partial charge in [-0.25, -0.2) is 4.79 Å². The molecule has 2 aromatic rings. The maximum Gasteiger partial charge on any atom is 0.339 e. The summed E-state index contributed by atoms with van der Waals surface area (Å²) >= 11 is 6.01. The third kappa shape index (κ3) is 5.50. The van der Waals surface area contributed by atoms with E-state index in [-0.39, 0.29) is 23.1 Å². The molecule has 1 N–H and O–H groups in total. The van der Waals surface area contributed by atoms with Crippen molar-refractivity contribution in [1.29, 1.82) is 0 Å². The Morgan fingerprint density at radius 3 is 2.48 bits per heavy atom. The Morgan fingerprint density at radius 1 is 1.12 bits per heavy atom. The van der Waals surface area contributed by atoms with Gasteiger partial charge >= 0.3 is 5.97 Å². The topological polar surface area (TPSA) is 64.6 Å². The van der Waals surface area contributed by atoms with Crippen molar-refractivity contribution in [2.45, 2.75) is 19.8 Å². The summed E-state index contributed by atoms with van der Waals surface area (Å²) in [4.78, 5) is 24.0. The zero-order valence-electron chi connectivity index (χ0n) is 14.2. The molecule has 0 saturated heterocycles. The minimum Gasteiger partial charge on any atom is -0.497 e. The van der Waals surface area contributed by atoms with E-state index in [4.69, 9.17) is 21.1 Å². The van der Waals surface area contributed by atoms with Crippen LogP contribution in [0.15, 0.2) is 42.5 Å². The van der Waals surface area contributed by atoms with E-state index in [1.807, 2.05) is 24.3 Å². The van der Waals surface area contributed by atoms with E-state index in [1.54, 1.807) is 26.2 Å². The maximum atomic E-state index is 12.1. The number of hydrogen-bond donors (Lipinski definition) is 1. The predicted octanol–water partition coefficient (Wildman–Crippen LogP) is 4.10. The highest BCUT2D eigenvalue weighted by Crippen LogP contribution is 2.22. The molecule has 5 nitrogen and oxygen atoms in total. The first kappa shape index (κ1) is 18.8. The van der Waals surface area contributed by atoms with Gasteiger partial charge in [0, 0.05) is 12.1 Å². The second kappa shape index (κ2) is 9.08. The van der Waals surface area contributed by atoms with Crippen LogP contribution >= 0.6 is 11.6 Å². The zero-order chi connectivity index (χ0) is 18.2. The number of ether oxygens (including phenoxy) is 2. The van der Waals surface area contributed by atoms with Gasteiger partial charge in [-0.3, -0.25) is 4.79 Å². The Balaban J connectivity index is 1.95. The summed E-state index contributed by atoms with van der Waals surface area (Å²) in [5.41, 5.74) is 1.78. The molecule has 0 heterocycles. The normalized spacial score (nSPS) is 10.2. The van der Waals surface area contributed by atoms with Crippen LogP contribution < -0.4 is 10.1 Å². The fourth-order valence-electron chi connectivity index (χ4n) is 2.24. The second-order valence-corrected chi connectivity index (χ2v) is 5.72. The molecule has 0 unspecified atom stereocenters. The standard InChI is InChI=1S/C19H20ClNO4/c1-3-25-19(23)16-12-14(7-10-17(16)20)21-18(22)11-6-13-4-8-15(24-2)9-5-13/h4-5,7-10,12H,3,6,11H2,1-2H3,(H,21,22). The molecule has 0 aliphatic heterocycles. The molecule has 0 atom stereocenters. The number of aryl methyl sites for hydroxylation is 1. The summed E-state index contributed by atoms with van der Waals surface area (Å²) in [6.07, 6.45) is 0.928. The fourth-order valence-corrected chi connectivity index (χ4v) is 2.44. The molecule has 132 valence electrons. The Kier molecular flexibility index (Phi) is 6.83. The molecular weight excluding hydrogens is 342 g/mol. The van der Waals surface area contributed by atoms with Crippen LogP contribution in [0.25, 0.3) is 0 Å². The van der Waals surface area contributed by atoms with Gasteiger partial charge in [0.1, 0.15) is 5.75 Å². The smallest absolute Gasteiger partial charge is 0.339 e. The number of benzene rings is 2. The Morgan fingerprint density at radius 2 is 1.84 bits per heavy atom. The average molecular weight is 362 g/mol. The Labute approximate surface area is 151 Å². The summed E-state index contributed by atoms with van der Waals surface area (Å²) in [7, 11) is 1.61. The first-order chi connectivity index (χ1) is 12.0. The van der Waals surface area contributed by atoms with Crippen molar-refractivity contribution in [3.05, 3.63) is 58.6 Å². The van der Waals surface area contributed by atoms with Gasteiger partial charge < -0.3 is 14.8 Å². The van der Waals surface area contributed by atoms with Crippen LogP contribution in [0.3, 0.4) is 0 Å². The number of anilines is 1. The highest BCUT2D eigenvalue weighted by molar-refractivity contribution is 6.33. The average Bonchev–Trinajstić information content (AvgIpc) is 2.62. The molecular formula is C19H20ClNO4. The molecule has 6 heteroatoms. The number of carbonyl (C=O) groups is 2. The lowest BCUT2D eigenvalue weighted by Crippen LogP contribution is -2.13. The van der Waals surface area contributed by atoms with Crippen molar-refractivity contribution < 1.29 is 19.1 Å². The fraction of sp³-hybridized carbons (Fsp3) is 0.263. The number of rotatable bonds is 7. The van der Waals surface area contributed by atoms with E-state index >= 15 is 0 Å². The quantitative estimate of drug-likeness (QED) is 0.754. The number of methoxy groups -OCH3 is 1. The maximum absolute atomic E-state index is 12.1. The molecule has 2 rings (SSSR count). The van der Waals surface area contributed by atoms with Crippen LogP contribution in [-0.2, 0) is 16.0 Å². The highest BCUT2D eigenvalue weighted by Gasteiger charge is 2.13. The lowest BCUT2D eigenvalue weighted by molar-refractivity contribution is -0.116. The van der Waals surface area contributed by atoms with E-state index in [0.717, 1.165) is 11.3 Å². The van der Waals surface area contributed by atoms with E-state index in [9.17, 15) is 9.59 Å². The molecule has 0 aliphatic rings. The third-order valence-corrected chi connectivity index (χ3v) is 3.87. The van der Waals surface area contributed by atoms with Crippen molar-refractivity contribution in [2.75, 3.05) is 19.0 Å². The second-order valence-electron chi connectivity index (χ2n) is 5.31. The SMILES string of the molecule is CCOC(=O)c1cc(NC(=O)CCc2ccc(OC)cc2)ccc1Cl. The molecule has 1 amide bonds. The molecule has 0 fully saturated rings. The van der Waals surface area contributed by atoms with E-state index in [2.05, 4.69) is 5.32 Å². The van der Waals surface area contributed by atoms with Crippen molar-refractivity contribution in [3.63, 3.8) is 0 Å². The summed E-state index contributed by atoms with van der Waals surface area (Å²) in [6.45, 7) is 1.98. The van der Waals surface area contributed by atoms with Gasteiger partial charge in [0.25, 0.3) is 0 Å². The van der Waals surface area contributed by atoms with E-state index < -0.39 is 5.97 Å². The van der Waals surface area contributed by atoms with Crippen LogP contribution in [0.2, 0.25) is 5.02 Å². The van der Waals surface area contributed by atoms with E-state index in [0.29, 0.717) is 18.5 Å². The minimum atomic E-state index is -0.512. The van der Waals surface area contributed by atoms with Crippen LogP contribution in [-0.4, -0.2) is 25.6 Å². The molecule has 0 aliphatic carbocycles. The van der Waals surface area contributed by atoms with Crippen LogP contribution in [0.1, 0.15) is 29.3 Å². The van der Waals surface area contributed by atoms with Gasteiger partial charge in [-0.15, -0.1) is 0 Å². The molecule has 2 aromatic carbocycles.